The van der Waals surface area contributed by atoms with E-state index in [4.69, 9.17) is 0 Å². The third-order valence-corrected chi connectivity index (χ3v) is 3.03. The second-order valence-corrected chi connectivity index (χ2v) is 4.69. The van der Waals surface area contributed by atoms with Gasteiger partial charge in [0.05, 0.1) is 0 Å². The molecule has 0 aromatic carbocycles. The summed E-state index contributed by atoms with van der Waals surface area (Å²) >= 11 is 3.46. The van der Waals surface area contributed by atoms with Gasteiger partial charge in [-0.25, -0.2) is 0 Å². The molecule has 0 N–H and O–H groups in total. The van der Waals surface area contributed by atoms with Crippen molar-refractivity contribution in [1.82, 2.24) is 9.80 Å². The molecule has 1 saturated heterocycles. The Balaban J connectivity index is 1.93. The largest absolute Gasteiger partial charge is 0.305 e. The van der Waals surface area contributed by atoms with Crippen molar-refractivity contribution in [3.05, 3.63) is 0 Å². The predicted molar refractivity (Wildman–Crippen MR) is 61.6 cm³/mol. The number of hydrogen-bond donors (Lipinski definition) is 0. The Morgan fingerprint density at radius 3 is 2.54 bits per heavy atom. The maximum absolute atomic E-state index is 3.46. The average Bonchev–Trinajstić information content (AvgIpc) is 2.57. The summed E-state index contributed by atoms with van der Waals surface area (Å²) in [6, 6.07) is 0. The van der Waals surface area contributed by atoms with Gasteiger partial charge >= 0.3 is 0 Å². The first-order chi connectivity index (χ1) is 6.33. The van der Waals surface area contributed by atoms with Gasteiger partial charge in [0.25, 0.3) is 0 Å². The van der Waals surface area contributed by atoms with E-state index in [-0.39, 0.29) is 0 Å². The second-order valence-electron chi connectivity index (χ2n) is 3.89. The normalized spacial score (nSPS) is 18.7. The smallest absolute Gasteiger partial charge is 0.0159 e. The molecule has 1 aliphatic heterocycles. The summed E-state index contributed by atoms with van der Waals surface area (Å²) < 4.78 is 0. The monoisotopic (exact) mass is 248 g/mol. The van der Waals surface area contributed by atoms with Gasteiger partial charge in [0, 0.05) is 11.9 Å². The van der Waals surface area contributed by atoms with Crippen LogP contribution in [0, 0.1) is 0 Å². The molecule has 0 spiro atoms. The molecule has 2 nitrogen and oxygen atoms in total. The van der Waals surface area contributed by atoms with E-state index in [1.807, 2.05) is 0 Å². The highest BCUT2D eigenvalue weighted by molar-refractivity contribution is 9.09. The molecule has 13 heavy (non-hydrogen) atoms. The van der Waals surface area contributed by atoms with Crippen LogP contribution >= 0.6 is 15.9 Å². The Kier molecular flexibility index (Phi) is 6.00. The summed E-state index contributed by atoms with van der Waals surface area (Å²) in [6.07, 6.45) is 4.15. The van der Waals surface area contributed by atoms with Crippen LogP contribution in [0.15, 0.2) is 0 Å². The zero-order valence-electron chi connectivity index (χ0n) is 8.64. The molecule has 0 saturated carbocycles. The Hall–Kier alpha value is 0.400. The molecule has 0 bridgehead atoms. The Bertz CT molecular complexity index is 124. The van der Waals surface area contributed by atoms with Gasteiger partial charge in [-0.15, -0.1) is 0 Å². The van der Waals surface area contributed by atoms with Gasteiger partial charge < -0.3 is 9.80 Å². The van der Waals surface area contributed by atoms with E-state index in [1.165, 1.54) is 52.0 Å². The summed E-state index contributed by atoms with van der Waals surface area (Å²) in [7, 11) is 2.20. The third-order valence-electron chi connectivity index (χ3n) is 2.68. The van der Waals surface area contributed by atoms with Gasteiger partial charge in [0.2, 0.25) is 0 Å². The molecule has 0 radical (unpaired) electrons. The number of alkyl halides is 1. The van der Waals surface area contributed by atoms with Crippen molar-refractivity contribution >= 4 is 15.9 Å². The average molecular weight is 249 g/mol. The van der Waals surface area contributed by atoms with E-state index in [0.717, 1.165) is 5.33 Å². The van der Waals surface area contributed by atoms with Crippen LogP contribution in [-0.4, -0.2) is 54.9 Å². The van der Waals surface area contributed by atoms with Crippen LogP contribution in [-0.2, 0) is 0 Å². The molecule has 0 unspecified atom stereocenters. The van der Waals surface area contributed by atoms with Crippen LogP contribution in [0.5, 0.6) is 0 Å². The van der Waals surface area contributed by atoms with Gasteiger partial charge in [-0.1, -0.05) is 15.9 Å². The molecule has 1 fully saturated rings. The number of nitrogens with zero attached hydrogens (tertiary/aromatic N) is 2. The van der Waals surface area contributed by atoms with Crippen molar-refractivity contribution in [3.8, 4) is 0 Å². The number of hydrogen-bond acceptors (Lipinski definition) is 2. The molecular formula is C10H21BrN2. The van der Waals surface area contributed by atoms with Crippen LogP contribution in [0.2, 0.25) is 0 Å². The lowest BCUT2D eigenvalue weighted by Gasteiger charge is -2.18. The highest BCUT2D eigenvalue weighted by Gasteiger charge is 2.10. The van der Waals surface area contributed by atoms with Crippen molar-refractivity contribution in [2.75, 3.05) is 45.1 Å². The highest BCUT2D eigenvalue weighted by Crippen LogP contribution is 2.07. The lowest BCUT2D eigenvalue weighted by Crippen LogP contribution is -2.27. The predicted octanol–water partition coefficient (Wildman–Crippen LogP) is 1.80. The molecule has 0 atom stereocenters. The molecule has 1 heterocycles. The minimum Gasteiger partial charge on any atom is -0.305 e. The van der Waals surface area contributed by atoms with E-state index < -0.39 is 0 Å². The van der Waals surface area contributed by atoms with E-state index in [2.05, 4.69) is 32.8 Å². The first-order valence-corrected chi connectivity index (χ1v) is 6.42. The topological polar surface area (TPSA) is 6.48 Å². The zero-order valence-corrected chi connectivity index (χ0v) is 10.2. The molecule has 1 rings (SSSR count). The summed E-state index contributed by atoms with van der Waals surface area (Å²) in [5, 5.41) is 1.09. The zero-order chi connectivity index (χ0) is 9.52. The van der Waals surface area contributed by atoms with E-state index in [9.17, 15) is 0 Å². The van der Waals surface area contributed by atoms with Crippen molar-refractivity contribution in [3.63, 3.8) is 0 Å². The minimum atomic E-state index is 1.09. The first kappa shape index (κ1) is 11.5. The molecule has 1 aliphatic rings. The standard InChI is InChI=1S/C10H21BrN2/c1-12(10-5-11)6-4-9-13-7-2-3-8-13/h2-10H2,1H3. The second kappa shape index (κ2) is 6.80. The number of halogens is 1. The van der Waals surface area contributed by atoms with Crippen LogP contribution in [0.1, 0.15) is 19.3 Å². The van der Waals surface area contributed by atoms with Gasteiger partial charge in [0.1, 0.15) is 0 Å². The molecule has 78 valence electrons. The molecule has 0 aromatic rings. The minimum absolute atomic E-state index is 1.09. The molecule has 0 aromatic heterocycles. The summed E-state index contributed by atoms with van der Waals surface area (Å²) in [6.45, 7) is 6.37. The van der Waals surface area contributed by atoms with Gasteiger partial charge in [0.15, 0.2) is 0 Å². The molecular weight excluding hydrogens is 228 g/mol. The third kappa shape index (κ3) is 4.99. The first-order valence-electron chi connectivity index (χ1n) is 5.30. The SMILES string of the molecule is CN(CCBr)CCCN1CCCC1. The summed E-state index contributed by atoms with van der Waals surface area (Å²) in [5.74, 6) is 0. The van der Waals surface area contributed by atoms with Crippen molar-refractivity contribution in [2.45, 2.75) is 19.3 Å². The highest BCUT2D eigenvalue weighted by atomic mass is 79.9. The van der Waals surface area contributed by atoms with Crippen LogP contribution in [0.3, 0.4) is 0 Å². The van der Waals surface area contributed by atoms with Gasteiger partial charge in [-0.3, -0.25) is 0 Å². The van der Waals surface area contributed by atoms with Gasteiger partial charge in [-0.05, 0) is 52.5 Å². The Labute approximate surface area is 90.4 Å². The maximum atomic E-state index is 3.46. The van der Waals surface area contributed by atoms with Crippen LogP contribution < -0.4 is 0 Å². The van der Waals surface area contributed by atoms with Crippen LogP contribution in [0.25, 0.3) is 0 Å². The van der Waals surface area contributed by atoms with Gasteiger partial charge in [-0.2, -0.15) is 0 Å². The fraction of sp³-hybridized carbons (Fsp3) is 1.00. The maximum Gasteiger partial charge on any atom is 0.0159 e. The summed E-state index contributed by atoms with van der Waals surface area (Å²) in [5.41, 5.74) is 0. The Morgan fingerprint density at radius 1 is 1.23 bits per heavy atom. The number of likely N-dealkylation sites (tertiary alicyclic amines) is 1. The Morgan fingerprint density at radius 2 is 1.92 bits per heavy atom. The van der Waals surface area contributed by atoms with E-state index >= 15 is 0 Å². The van der Waals surface area contributed by atoms with Crippen molar-refractivity contribution in [2.24, 2.45) is 0 Å². The van der Waals surface area contributed by atoms with Crippen molar-refractivity contribution in [1.29, 1.82) is 0 Å². The van der Waals surface area contributed by atoms with Crippen LogP contribution in [0.4, 0.5) is 0 Å². The quantitative estimate of drug-likeness (QED) is 0.662. The lowest BCUT2D eigenvalue weighted by atomic mass is 10.3. The lowest BCUT2D eigenvalue weighted by molar-refractivity contribution is 0.288. The fourth-order valence-electron chi connectivity index (χ4n) is 1.83. The van der Waals surface area contributed by atoms with E-state index in [1.54, 1.807) is 0 Å². The molecule has 0 aliphatic carbocycles. The molecule has 0 amide bonds. The fourth-order valence-corrected chi connectivity index (χ4v) is 2.43. The summed E-state index contributed by atoms with van der Waals surface area (Å²) in [4.78, 5) is 4.98. The van der Waals surface area contributed by atoms with Crippen molar-refractivity contribution < 1.29 is 0 Å². The molecule has 3 heteroatoms. The van der Waals surface area contributed by atoms with E-state index in [0.29, 0.717) is 0 Å². The number of rotatable bonds is 6.